The molecule has 0 unspecified atom stereocenters. The van der Waals surface area contributed by atoms with Crippen LogP contribution in [0.4, 0.5) is 0 Å². The summed E-state index contributed by atoms with van der Waals surface area (Å²) in [7, 11) is 0. The Morgan fingerprint density at radius 3 is 2.86 bits per heavy atom. The number of nitrogens with zero attached hydrogens (tertiary/aromatic N) is 1. The van der Waals surface area contributed by atoms with Crippen molar-refractivity contribution in [2.24, 2.45) is 5.10 Å². The Morgan fingerprint density at radius 1 is 1.29 bits per heavy atom. The van der Waals surface area contributed by atoms with Gasteiger partial charge in [0.15, 0.2) is 0 Å². The van der Waals surface area contributed by atoms with Crippen LogP contribution >= 0.6 is 23.7 Å². The topological polar surface area (TPSA) is 24.4 Å². The van der Waals surface area contributed by atoms with Crippen molar-refractivity contribution >= 4 is 28.8 Å². The molecule has 72 valence electrons. The zero-order chi connectivity index (χ0) is 9.64. The van der Waals surface area contributed by atoms with E-state index in [1.807, 2.05) is 17.6 Å². The fourth-order valence-electron chi connectivity index (χ4n) is 1.04. The first-order valence-electron chi connectivity index (χ1n) is 4.27. The summed E-state index contributed by atoms with van der Waals surface area (Å²) in [5.41, 5.74) is 1.33. The molecule has 1 aromatic carbocycles. The second kappa shape index (κ2) is 5.12. The van der Waals surface area contributed by atoms with E-state index in [0.717, 1.165) is 10.8 Å². The van der Waals surface area contributed by atoms with Crippen LogP contribution in [0.2, 0.25) is 0 Å². The quantitative estimate of drug-likeness (QED) is 0.778. The minimum absolute atomic E-state index is 0.969. The highest BCUT2D eigenvalue weighted by atomic mass is 32.2. The lowest BCUT2D eigenvalue weighted by Crippen LogP contribution is -2.01. The Kier molecular flexibility index (Phi) is 3.54. The second-order valence-corrected chi connectivity index (χ2v) is 4.42. The average molecular weight is 222 g/mol. The molecule has 2 nitrogen and oxygen atoms in total. The SMILES string of the molecule is C1=CC(SCc2ccccc2)=NNS1. The van der Waals surface area contributed by atoms with Crippen molar-refractivity contribution in [3.05, 3.63) is 47.4 Å². The molecule has 0 fully saturated rings. The van der Waals surface area contributed by atoms with Gasteiger partial charge in [0, 0.05) is 5.75 Å². The van der Waals surface area contributed by atoms with Crippen molar-refractivity contribution in [1.82, 2.24) is 4.83 Å². The van der Waals surface area contributed by atoms with E-state index in [1.54, 1.807) is 11.8 Å². The minimum atomic E-state index is 0.969. The van der Waals surface area contributed by atoms with E-state index < -0.39 is 0 Å². The predicted octanol–water partition coefficient (Wildman–Crippen LogP) is 3.00. The normalized spacial score (nSPS) is 14.7. The maximum absolute atomic E-state index is 4.15. The molecule has 0 aliphatic carbocycles. The van der Waals surface area contributed by atoms with E-state index in [-0.39, 0.29) is 0 Å². The van der Waals surface area contributed by atoms with E-state index in [0.29, 0.717) is 0 Å². The van der Waals surface area contributed by atoms with Crippen LogP contribution in [0.15, 0.2) is 46.9 Å². The maximum atomic E-state index is 4.15. The van der Waals surface area contributed by atoms with Gasteiger partial charge in [0.05, 0.1) is 0 Å². The van der Waals surface area contributed by atoms with Crippen LogP contribution in [0.1, 0.15) is 5.56 Å². The van der Waals surface area contributed by atoms with Crippen molar-refractivity contribution < 1.29 is 0 Å². The van der Waals surface area contributed by atoms with Crippen molar-refractivity contribution in [3.8, 4) is 0 Å². The Balaban J connectivity index is 1.88. The van der Waals surface area contributed by atoms with Gasteiger partial charge in [-0.3, -0.25) is 0 Å². The Morgan fingerprint density at radius 2 is 2.14 bits per heavy atom. The largest absolute Gasteiger partial charge is 0.247 e. The molecule has 2 rings (SSSR count). The molecule has 0 aromatic heterocycles. The zero-order valence-electron chi connectivity index (χ0n) is 7.51. The number of benzene rings is 1. The average Bonchev–Trinajstić information content (AvgIpc) is 2.29. The van der Waals surface area contributed by atoms with Gasteiger partial charge in [-0.1, -0.05) is 42.1 Å². The molecule has 0 radical (unpaired) electrons. The lowest BCUT2D eigenvalue weighted by Gasteiger charge is -2.05. The molecule has 0 amide bonds. The van der Waals surface area contributed by atoms with Gasteiger partial charge in [-0.05, 0) is 29.0 Å². The van der Waals surface area contributed by atoms with Crippen molar-refractivity contribution in [1.29, 1.82) is 0 Å². The van der Waals surface area contributed by atoms with Crippen LogP contribution in [-0.2, 0) is 5.75 Å². The smallest absolute Gasteiger partial charge is 0.118 e. The first kappa shape index (κ1) is 9.68. The number of thioether (sulfide) groups is 1. The number of rotatable bonds is 2. The van der Waals surface area contributed by atoms with Crippen molar-refractivity contribution in [2.75, 3.05) is 0 Å². The Labute approximate surface area is 92.0 Å². The molecule has 1 heterocycles. The molecule has 0 spiro atoms. The summed E-state index contributed by atoms with van der Waals surface area (Å²) in [6.07, 6.45) is 2.02. The molecule has 1 aliphatic heterocycles. The van der Waals surface area contributed by atoms with Crippen molar-refractivity contribution in [3.63, 3.8) is 0 Å². The van der Waals surface area contributed by atoms with E-state index in [4.69, 9.17) is 0 Å². The van der Waals surface area contributed by atoms with Crippen LogP contribution in [0, 0.1) is 0 Å². The van der Waals surface area contributed by atoms with Gasteiger partial charge < -0.3 is 0 Å². The van der Waals surface area contributed by atoms with Crippen LogP contribution in [-0.4, -0.2) is 5.04 Å². The first-order valence-corrected chi connectivity index (χ1v) is 6.13. The van der Waals surface area contributed by atoms with Crippen molar-refractivity contribution in [2.45, 2.75) is 5.75 Å². The summed E-state index contributed by atoms with van der Waals surface area (Å²) in [4.78, 5) is 2.87. The third-order valence-electron chi connectivity index (χ3n) is 1.72. The highest BCUT2D eigenvalue weighted by molar-refractivity contribution is 8.13. The molecular formula is C10H10N2S2. The summed E-state index contributed by atoms with van der Waals surface area (Å²) < 4.78 is 0. The second-order valence-electron chi connectivity index (χ2n) is 2.74. The van der Waals surface area contributed by atoms with E-state index >= 15 is 0 Å². The van der Waals surface area contributed by atoms with Crippen LogP contribution in [0.5, 0.6) is 0 Å². The number of hydrazone groups is 1. The zero-order valence-corrected chi connectivity index (χ0v) is 9.15. The molecule has 0 atom stereocenters. The number of hydrogen-bond acceptors (Lipinski definition) is 4. The predicted molar refractivity (Wildman–Crippen MR) is 65.0 cm³/mol. The fraction of sp³-hybridized carbons (Fsp3) is 0.100. The van der Waals surface area contributed by atoms with Gasteiger partial charge in [-0.25, -0.2) is 4.83 Å². The molecular weight excluding hydrogens is 212 g/mol. The van der Waals surface area contributed by atoms with E-state index in [9.17, 15) is 0 Å². The first-order chi connectivity index (χ1) is 6.95. The van der Waals surface area contributed by atoms with E-state index in [1.165, 1.54) is 17.5 Å². The molecule has 1 aromatic rings. The van der Waals surface area contributed by atoms with E-state index in [2.05, 4.69) is 34.2 Å². The number of hydrogen-bond donors (Lipinski definition) is 1. The lowest BCUT2D eigenvalue weighted by molar-refractivity contribution is 1.13. The standard InChI is InChI=1S/C10H10N2S2/c1-2-4-9(5-3-1)8-13-10-6-7-14-12-11-10/h1-7,12H,8H2. The minimum Gasteiger partial charge on any atom is -0.247 e. The molecule has 0 saturated heterocycles. The molecule has 1 aliphatic rings. The summed E-state index contributed by atoms with van der Waals surface area (Å²) >= 11 is 3.23. The highest BCUT2D eigenvalue weighted by Crippen LogP contribution is 2.17. The highest BCUT2D eigenvalue weighted by Gasteiger charge is 2.00. The summed E-state index contributed by atoms with van der Waals surface area (Å²) in [6.45, 7) is 0. The fourth-order valence-corrected chi connectivity index (χ4v) is 2.38. The van der Waals surface area contributed by atoms with Crippen LogP contribution in [0.25, 0.3) is 0 Å². The van der Waals surface area contributed by atoms with Gasteiger partial charge in [0.2, 0.25) is 0 Å². The van der Waals surface area contributed by atoms with Gasteiger partial charge in [0.25, 0.3) is 0 Å². The van der Waals surface area contributed by atoms with Crippen LogP contribution < -0.4 is 4.83 Å². The monoisotopic (exact) mass is 222 g/mol. The molecule has 0 bridgehead atoms. The van der Waals surface area contributed by atoms with Gasteiger partial charge >= 0.3 is 0 Å². The third kappa shape index (κ3) is 2.82. The molecule has 1 N–H and O–H groups in total. The maximum Gasteiger partial charge on any atom is 0.118 e. The Hall–Kier alpha value is -0.870. The molecule has 14 heavy (non-hydrogen) atoms. The van der Waals surface area contributed by atoms with Crippen LogP contribution in [0.3, 0.4) is 0 Å². The third-order valence-corrected chi connectivity index (χ3v) is 3.19. The van der Waals surface area contributed by atoms with Gasteiger partial charge in [-0.2, -0.15) is 5.10 Å². The summed E-state index contributed by atoms with van der Waals surface area (Å²) in [5.74, 6) is 0.969. The van der Waals surface area contributed by atoms with Gasteiger partial charge in [0.1, 0.15) is 5.04 Å². The number of nitrogens with one attached hydrogen (secondary N) is 1. The van der Waals surface area contributed by atoms with Gasteiger partial charge in [-0.15, -0.1) is 0 Å². The summed E-state index contributed by atoms with van der Waals surface area (Å²) in [5, 5.41) is 7.19. The summed E-state index contributed by atoms with van der Waals surface area (Å²) in [6, 6.07) is 10.4. The lowest BCUT2D eigenvalue weighted by atomic mass is 10.2. The molecule has 0 saturated carbocycles. The Bertz CT molecular complexity index is 346. The molecule has 4 heteroatoms.